The highest BCUT2D eigenvalue weighted by Gasteiger charge is 2.56. The van der Waals surface area contributed by atoms with Gasteiger partial charge >= 0.3 is 5.97 Å². The van der Waals surface area contributed by atoms with Gasteiger partial charge in [0.2, 0.25) is 0 Å². The molecule has 0 aliphatic heterocycles. The molecule has 0 unspecified atom stereocenters. The summed E-state index contributed by atoms with van der Waals surface area (Å²) < 4.78 is 10.6. The molecular weight excluding hydrogens is 242 g/mol. The van der Waals surface area contributed by atoms with Gasteiger partial charge in [0, 0.05) is 24.1 Å². The van der Waals surface area contributed by atoms with Crippen LogP contribution in [0, 0.1) is 5.41 Å². The molecule has 110 valence electrons. The van der Waals surface area contributed by atoms with Crippen molar-refractivity contribution in [3.05, 3.63) is 0 Å². The van der Waals surface area contributed by atoms with Crippen molar-refractivity contribution in [2.45, 2.75) is 70.6 Å². The lowest BCUT2D eigenvalue weighted by Gasteiger charge is -2.55. The molecule has 0 bridgehead atoms. The third kappa shape index (κ3) is 2.95. The molecule has 0 amide bonds. The maximum Gasteiger partial charge on any atom is 0.307 e. The van der Waals surface area contributed by atoms with Gasteiger partial charge < -0.3 is 14.8 Å². The Labute approximate surface area is 116 Å². The molecule has 0 saturated heterocycles. The van der Waals surface area contributed by atoms with Crippen LogP contribution in [0.4, 0.5) is 0 Å². The van der Waals surface area contributed by atoms with Gasteiger partial charge in [-0.15, -0.1) is 0 Å². The number of esters is 1. The number of hydrogen-bond donors (Lipinski definition) is 1. The van der Waals surface area contributed by atoms with E-state index in [0.717, 1.165) is 13.0 Å². The second-order valence-corrected chi connectivity index (χ2v) is 6.02. The van der Waals surface area contributed by atoms with Gasteiger partial charge in [0.1, 0.15) is 0 Å². The minimum Gasteiger partial charge on any atom is -0.469 e. The molecule has 0 heterocycles. The Bertz CT molecular complexity index is 313. The molecule has 0 aromatic heterocycles. The molecule has 2 rings (SSSR count). The first kappa shape index (κ1) is 14.8. The van der Waals surface area contributed by atoms with Crippen LogP contribution in [0.5, 0.6) is 0 Å². The topological polar surface area (TPSA) is 47.6 Å². The predicted octanol–water partition coefficient (Wildman–Crippen LogP) is 2.27. The van der Waals surface area contributed by atoms with E-state index in [4.69, 9.17) is 9.47 Å². The molecule has 3 atom stereocenters. The maximum absolute atomic E-state index is 11.3. The van der Waals surface area contributed by atoms with Crippen LogP contribution in [-0.2, 0) is 14.3 Å². The molecule has 4 nitrogen and oxygen atoms in total. The molecule has 4 heteroatoms. The summed E-state index contributed by atoms with van der Waals surface area (Å²) in [5.74, 6) is -0.138. The normalized spacial score (nSPS) is 30.1. The number of hydrogen-bond acceptors (Lipinski definition) is 4. The molecule has 2 aliphatic carbocycles. The molecule has 19 heavy (non-hydrogen) atoms. The monoisotopic (exact) mass is 269 g/mol. The van der Waals surface area contributed by atoms with E-state index < -0.39 is 0 Å². The van der Waals surface area contributed by atoms with E-state index >= 15 is 0 Å². The summed E-state index contributed by atoms with van der Waals surface area (Å²) in [6.45, 7) is 4.94. The van der Waals surface area contributed by atoms with Gasteiger partial charge in [-0.3, -0.25) is 4.79 Å². The fourth-order valence-electron chi connectivity index (χ4n) is 3.86. The zero-order chi connectivity index (χ0) is 13.9. The molecule has 1 N–H and O–H groups in total. The lowest BCUT2D eigenvalue weighted by molar-refractivity contribution is -0.143. The summed E-state index contributed by atoms with van der Waals surface area (Å²) in [5.41, 5.74) is 0.334. The van der Waals surface area contributed by atoms with Gasteiger partial charge in [0.05, 0.1) is 19.6 Å². The summed E-state index contributed by atoms with van der Waals surface area (Å²) in [6.07, 6.45) is 7.10. The van der Waals surface area contributed by atoms with Crippen molar-refractivity contribution in [2.24, 2.45) is 5.41 Å². The van der Waals surface area contributed by atoms with Crippen molar-refractivity contribution in [2.75, 3.05) is 13.7 Å². The van der Waals surface area contributed by atoms with E-state index in [1.807, 2.05) is 0 Å². The Morgan fingerprint density at radius 2 is 2.11 bits per heavy atom. The van der Waals surface area contributed by atoms with Crippen molar-refractivity contribution in [1.82, 2.24) is 5.32 Å². The van der Waals surface area contributed by atoms with Crippen LogP contribution >= 0.6 is 0 Å². The molecule has 1 spiro atoms. The first-order chi connectivity index (χ1) is 9.12. The largest absolute Gasteiger partial charge is 0.469 e. The van der Waals surface area contributed by atoms with Crippen molar-refractivity contribution >= 4 is 5.97 Å². The van der Waals surface area contributed by atoms with Crippen LogP contribution in [0.2, 0.25) is 0 Å². The third-order valence-electron chi connectivity index (χ3n) is 4.87. The van der Waals surface area contributed by atoms with E-state index in [9.17, 15) is 4.79 Å². The highest BCUT2D eigenvalue weighted by atomic mass is 16.5. The second kappa shape index (κ2) is 6.23. The quantitative estimate of drug-likeness (QED) is 0.751. The van der Waals surface area contributed by atoms with Gasteiger partial charge in [-0.1, -0.05) is 12.8 Å². The zero-order valence-corrected chi connectivity index (χ0v) is 12.4. The molecule has 0 aromatic carbocycles. The van der Waals surface area contributed by atoms with E-state index in [1.54, 1.807) is 0 Å². The SMILES string of the molecule is CCO[C@@H]1C[C@@H](N[C@@H](C)CC(=O)OC)C12CCCC2. The van der Waals surface area contributed by atoms with Crippen molar-refractivity contribution in [1.29, 1.82) is 0 Å². The Morgan fingerprint density at radius 3 is 2.68 bits per heavy atom. The van der Waals surface area contributed by atoms with E-state index in [1.165, 1.54) is 32.8 Å². The van der Waals surface area contributed by atoms with Gasteiger partial charge in [-0.2, -0.15) is 0 Å². The number of carbonyl (C=O) groups is 1. The standard InChI is InChI=1S/C15H27NO3/c1-4-19-13-10-12(15(13)7-5-6-8-15)16-11(2)9-14(17)18-3/h11-13,16H,4-10H2,1-3H3/t11-,12+,13+/m0/s1. The first-order valence-corrected chi connectivity index (χ1v) is 7.57. The maximum atomic E-state index is 11.3. The zero-order valence-electron chi connectivity index (χ0n) is 12.4. The van der Waals surface area contributed by atoms with Crippen LogP contribution in [0.1, 0.15) is 52.4 Å². The molecule has 2 saturated carbocycles. The predicted molar refractivity (Wildman–Crippen MR) is 74.0 cm³/mol. The van der Waals surface area contributed by atoms with Crippen LogP contribution in [-0.4, -0.2) is 37.9 Å². The number of methoxy groups -OCH3 is 1. The smallest absolute Gasteiger partial charge is 0.307 e. The summed E-state index contributed by atoms with van der Waals surface area (Å²) in [6, 6.07) is 0.684. The van der Waals surface area contributed by atoms with Gasteiger partial charge in [-0.25, -0.2) is 0 Å². The Morgan fingerprint density at radius 1 is 1.42 bits per heavy atom. The minimum atomic E-state index is -0.138. The van der Waals surface area contributed by atoms with E-state index in [-0.39, 0.29) is 12.0 Å². The first-order valence-electron chi connectivity index (χ1n) is 7.57. The summed E-state index contributed by atoms with van der Waals surface area (Å²) in [5, 5.41) is 3.62. The Hall–Kier alpha value is -0.610. The molecule has 0 aromatic rings. The van der Waals surface area contributed by atoms with Crippen LogP contribution < -0.4 is 5.32 Å². The highest BCUT2D eigenvalue weighted by molar-refractivity contribution is 5.69. The average Bonchev–Trinajstić information content (AvgIpc) is 2.89. The molecular formula is C15H27NO3. The fourth-order valence-corrected chi connectivity index (χ4v) is 3.86. The second-order valence-electron chi connectivity index (χ2n) is 6.02. The average molecular weight is 269 g/mol. The van der Waals surface area contributed by atoms with Crippen LogP contribution in [0.25, 0.3) is 0 Å². The van der Waals surface area contributed by atoms with E-state index in [2.05, 4.69) is 19.2 Å². The van der Waals surface area contributed by atoms with Crippen LogP contribution in [0.3, 0.4) is 0 Å². The molecule has 2 aliphatic rings. The highest BCUT2D eigenvalue weighted by Crippen LogP contribution is 2.54. The lowest BCUT2D eigenvalue weighted by atomic mass is 9.60. The number of nitrogens with one attached hydrogen (secondary N) is 1. The summed E-state index contributed by atoms with van der Waals surface area (Å²) in [7, 11) is 1.45. The fraction of sp³-hybridized carbons (Fsp3) is 0.933. The third-order valence-corrected chi connectivity index (χ3v) is 4.87. The number of rotatable bonds is 6. The number of ether oxygens (including phenoxy) is 2. The van der Waals surface area contributed by atoms with E-state index in [0.29, 0.717) is 24.0 Å². The van der Waals surface area contributed by atoms with Crippen molar-refractivity contribution < 1.29 is 14.3 Å². The van der Waals surface area contributed by atoms with Gasteiger partial charge in [-0.05, 0) is 33.1 Å². The summed E-state index contributed by atoms with van der Waals surface area (Å²) >= 11 is 0. The molecule has 0 radical (unpaired) electrons. The van der Waals surface area contributed by atoms with Crippen LogP contribution in [0.15, 0.2) is 0 Å². The van der Waals surface area contributed by atoms with Gasteiger partial charge in [0.25, 0.3) is 0 Å². The molecule has 2 fully saturated rings. The van der Waals surface area contributed by atoms with Crippen molar-refractivity contribution in [3.63, 3.8) is 0 Å². The summed E-state index contributed by atoms with van der Waals surface area (Å²) in [4.78, 5) is 11.3. The number of carbonyl (C=O) groups excluding carboxylic acids is 1. The minimum absolute atomic E-state index is 0.138. The van der Waals surface area contributed by atoms with Crippen molar-refractivity contribution in [3.8, 4) is 0 Å². The Kier molecular flexibility index (Phi) is 4.85. The van der Waals surface area contributed by atoms with Gasteiger partial charge in [0.15, 0.2) is 0 Å². The lowest BCUT2D eigenvalue weighted by Crippen LogP contribution is -2.64. The Balaban J connectivity index is 1.88.